The van der Waals surface area contributed by atoms with Crippen molar-refractivity contribution >= 4 is 32.6 Å². The standard InChI is InChI=1S/C14H15NO2S2/c16-19(17,15-7-9-18-10-8-15)14-6-5-12-3-1-2-4-13(12)11-14/h1-6,11H,7-10H2. The molecule has 1 aliphatic rings. The average Bonchev–Trinajstić information content (AvgIpc) is 2.47. The van der Waals surface area contributed by atoms with Crippen LogP contribution in [0.15, 0.2) is 47.4 Å². The maximum Gasteiger partial charge on any atom is 0.243 e. The van der Waals surface area contributed by atoms with Gasteiger partial charge in [-0.1, -0.05) is 30.3 Å². The lowest BCUT2D eigenvalue weighted by atomic mass is 10.1. The van der Waals surface area contributed by atoms with E-state index in [4.69, 9.17) is 0 Å². The first-order chi connectivity index (χ1) is 9.18. The second-order valence-corrected chi connectivity index (χ2v) is 7.69. The number of hydrogen-bond donors (Lipinski definition) is 0. The first-order valence-electron chi connectivity index (χ1n) is 6.25. The van der Waals surface area contributed by atoms with E-state index in [1.165, 1.54) is 0 Å². The summed E-state index contributed by atoms with van der Waals surface area (Å²) in [6.45, 7) is 1.22. The van der Waals surface area contributed by atoms with Gasteiger partial charge >= 0.3 is 0 Å². The quantitative estimate of drug-likeness (QED) is 0.854. The summed E-state index contributed by atoms with van der Waals surface area (Å²) in [5.41, 5.74) is 0. The molecule has 1 aliphatic heterocycles. The van der Waals surface area contributed by atoms with Crippen molar-refractivity contribution in [3.8, 4) is 0 Å². The van der Waals surface area contributed by atoms with Gasteiger partial charge in [-0.15, -0.1) is 0 Å². The Labute approximate surface area is 117 Å². The first kappa shape index (κ1) is 13.0. The Morgan fingerprint density at radius 1 is 0.947 bits per heavy atom. The fourth-order valence-electron chi connectivity index (χ4n) is 2.26. The van der Waals surface area contributed by atoms with Crippen LogP contribution in [-0.4, -0.2) is 37.3 Å². The predicted octanol–water partition coefficient (Wildman–Crippen LogP) is 2.58. The topological polar surface area (TPSA) is 37.4 Å². The van der Waals surface area contributed by atoms with Gasteiger partial charge < -0.3 is 0 Å². The van der Waals surface area contributed by atoms with Gasteiger partial charge in [-0.05, 0) is 22.9 Å². The van der Waals surface area contributed by atoms with Gasteiger partial charge in [0.05, 0.1) is 4.90 Å². The number of rotatable bonds is 2. The van der Waals surface area contributed by atoms with Crippen LogP contribution in [-0.2, 0) is 10.0 Å². The molecule has 0 saturated carbocycles. The van der Waals surface area contributed by atoms with Crippen LogP contribution in [0.1, 0.15) is 0 Å². The number of benzene rings is 2. The Kier molecular flexibility index (Phi) is 3.52. The summed E-state index contributed by atoms with van der Waals surface area (Å²) in [5.74, 6) is 1.76. The predicted molar refractivity (Wildman–Crippen MR) is 80.0 cm³/mol. The van der Waals surface area contributed by atoms with E-state index in [0.29, 0.717) is 18.0 Å². The summed E-state index contributed by atoms with van der Waals surface area (Å²) >= 11 is 1.81. The number of sulfonamides is 1. The monoisotopic (exact) mass is 293 g/mol. The summed E-state index contributed by atoms with van der Waals surface area (Å²) in [5, 5.41) is 2.03. The maximum absolute atomic E-state index is 12.5. The highest BCUT2D eigenvalue weighted by molar-refractivity contribution is 7.99. The number of hydrogen-bond acceptors (Lipinski definition) is 3. The van der Waals surface area contributed by atoms with E-state index in [9.17, 15) is 8.42 Å². The highest BCUT2D eigenvalue weighted by Gasteiger charge is 2.26. The van der Waals surface area contributed by atoms with E-state index in [2.05, 4.69) is 0 Å². The van der Waals surface area contributed by atoms with Gasteiger partial charge in [-0.25, -0.2) is 8.42 Å². The van der Waals surface area contributed by atoms with Crippen molar-refractivity contribution < 1.29 is 8.42 Å². The largest absolute Gasteiger partial charge is 0.243 e. The fourth-order valence-corrected chi connectivity index (χ4v) is 4.88. The third-order valence-corrected chi connectivity index (χ3v) is 6.17. The molecule has 0 radical (unpaired) electrons. The van der Waals surface area contributed by atoms with Crippen LogP contribution in [0.2, 0.25) is 0 Å². The van der Waals surface area contributed by atoms with Gasteiger partial charge in [0, 0.05) is 24.6 Å². The highest BCUT2D eigenvalue weighted by atomic mass is 32.2. The third kappa shape index (κ3) is 2.50. The van der Waals surface area contributed by atoms with Crippen molar-refractivity contribution in [2.24, 2.45) is 0 Å². The highest BCUT2D eigenvalue weighted by Crippen LogP contribution is 2.23. The lowest BCUT2D eigenvalue weighted by Gasteiger charge is -2.25. The molecule has 0 bridgehead atoms. The minimum Gasteiger partial charge on any atom is -0.207 e. The Bertz CT molecular complexity index is 691. The summed E-state index contributed by atoms with van der Waals surface area (Å²) in [6, 6.07) is 13.2. The molecule has 0 aliphatic carbocycles. The number of nitrogens with zero attached hydrogens (tertiary/aromatic N) is 1. The Morgan fingerprint density at radius 3 is 2.37 bits per heavy atom. The van der Waals surface area contributed by atoms with E-state index >= 15 is 0 Å². The normalized spacial score (nSPS) is 17.7. The molecule has 100 valence electrons. The zero-order valence-corrected chi connectivity index (χ0v) is 12.1. The molecule has 0 aromatic heterocycles. The Hall–Kier alpha value is -1.04. The lowest BCUT2D eigenvalue weighted by molar-refractivity contribution is 0.443. The molecule has 3 rings (SSSR count). The summed E-state index contributed by atoms with van der Waals surface area (Å²) in [7, 11) is -3.33. The zero-order valence-electron chi connectivity index (χ0n) is 10.5. The fraction of sp³-hybridized carbons (Fsp3) is 0.286. The van der Waals surface area contributed by atoms with Gasteiger partial charge in [-0.3, -0.25) is 0 Å². The van der Waals surface area contributed by atoms with Gasteiger partial charge in [0.1, 0.15) is 0 Å². The van der Waals surface area contributed by atoms with E-state index < -0.39 is 10.0 Å². The summed E-state index contributed by atoms with van der Waals surface area (Å²) in [6.07, 6.45) is 0. The van der Waals surface area contributed by atoms with Crippen LogP contribution < -0.4 is 0 Å². The summed E-state index contributed by atoms with van der Waals surface area (Å²) in [4.78, 5) is 0.401. The van der Waals surface area contributed by atoms with E-state index in [0.717, 1.165) is 22.3 Å². The molecule has 0 spiro atoms. The van der Waals surface area contributed by atoms with Crippen LogP contribution >= 0.6 is 11.8 Å². The van der Waals surface area contributed by atoms with Crippen LogP contribution in [0, 0.1) is 0 Å². The Morgan fingerprint density at radius 2 is 1.63 bits per heavy atom. The van der Waals surface area contributed by atoms with Crippen molar-refractivity contribution in [1.82, 2.24) is 4.31 Å². The van der Waals surface area contributed by atoms with Crippen molar-refractivity contribution in [2.75, 3.05) is 24.6 Å². The van der Waals surface area contributed by atoms with E-state index in [-0.39, 0.29) is 0 Å². The van der Waals surface area contributed by atoms with Crippen molar-refractivity contribution in [2.45, 2.75) is 4.90 Å². The molecule has 0 unspecified atom stereocenters. The molecule has 0 atom stereocenters. The zero-order chi connectivity index (χ0) is 13.3. The van der Waals surface area contributed by atoms with Crippen molar-refractivity contribution in [3.05, 3.63) is 42.5 Å². The van der Waals surface area contributed by atoms with Gasteiger partial charge in [0.15, 0.2) is 0 Å². The second kappa shape index (κ2) is 5.15. The SMILES string of the molecule is O=S(=O)(c1ccc2ccccc2c1)N1CCSCC1. The molecule has 3 nitrogen and oxygen atoms in total. The molecule has 0 N–H and O–H groups in total. The van der Waals surface area contributed by atoms with E-state index in [1.807, 2.05) is 30.3 Å². The molecular weight excluding hydrogens is 278 g/mol. The minimum atomic E-state index is -3.33. The van der Waals surface area contributed by atoms with Crippen LogP contribution in [0.5, 0.6) is 0 Å². The number of fused-ring (bicyclic) bond motifs is 1. The van der Waals surface area contributed by atoms with Crippen LogP contribution in [0.4, 0.5) is 0 Å². The van der Waals surface area contributed by atoms with Gasteiger partial charge in [-0.2, -0.15) is 16.1 Å². The molecular formula is C14H15NO2S2. The molecule has 1 heterocycles. The average molecular weight is 293 g/mol. The van der Waals surface area contributed by atoms with Gasteiger partial charge in [0.25, 0.3) is 0 Å². The van der Waals surface area contributed by atoms with Gasteiger partial charge in [0.2, 0.25) is 10.0 Å². The summed E-state index contributed by atoms with van der Waals surface area (Å²) < 4.78 is 26.7. The van der Waals surface area contributed by atoms with Crippen LogP contribution in [0.3, 0.4) is 0 Å². The molecule has 19 heavy (non-hydrogen) atoms. The van der Waals surface area contributed by atoms with E-state index in [1.54, 1.807) is 28.2 Å². The van der Waals surface area contributed by atoms with Crippen LogP contribution in [0.25, 0.3) is 10.8 Å². The molecule has 2 aromatic carbocycles. The first-order valence-corrected chi connectivity index (χ1v) is 8.84. The Balaban J connectivity index is 2.02. The molecule has 1 fully saturated rings. The molecule has 2 aromatic rings. The second-order valence-electron chi connectivity index (χ2n) is 4.53. The van der Waals surface area contributed by atoms with Crippen molar-refractivity contribution in [3.63, 3.8) is 0 Å². The molecule has 5 heteroatoms. The smallest absolute Gasteiger partial charge is 0.207 e. The molecule has 1 saturated heterocycles. The minimum absolute atomic E-state index is 0.401. The number of thioether (sulfide) groups is 1. The third-order valence-electron chi connectivity index (χ3n) is 3.33. The lowest BCUT2D eigenvalue weighted by Crippen LogP contribution is -2.37. The molecule has 0 amide bonds. The maximum atomic E-state index is 12.5. The van der Waals surface area contributed by atoms with Crippen molar-refractivity contribution in [1.29, 1.82) is 0 Å².